The van der Waals surface area contributed by atoms with Gasteiger partial charge >= 0.3 is 5.97 Å². The average Bonchev–Trinajstić information content (AvgIpc) is 2.70. The lowest BCUT2D eigenvalue weighted by Gasteiger charge is -2.10. The van der Waals surface area contributed by atoms with Gasteiger partial charge in [-0.25, -0.2) is 9.48 Å². The summed E-state index contributed by atoms with van der Waals surface area (Å²) in [7, 11) is 1.37. The molecule has 5 heteroatoms. The Kier molecular flexibility index (Phi) is 2.83. The molecule has 1 aromatic heterocycles. The van der Waals surface area contributed by atoms with Crippen molar-refractivity contribution in [1.82, 2.24) is 15.0 Å². The maximum atomic E-state index is 11.5. The first-order valence-electron chi connectivity index (χ1n) is 5.44. The molecule has 1 unspecified atom stereocenters. The average molecular weight is 233 g/mol. The molecule has 0 fully saturated rings. The van der Waals surface area contributed by atoms with Gasteiger partial charge in [0.1, 0.15) is 11.6 Å². The van der Waals surface area contributed by atoms with E-state index in [4.69, 9.17) is 4.74 Å². The van der Waals surface area contributed by atoms with E-state index in [1.54, 1.807) is 11.6 Å². The minimum atomic E-state index is -0.466. The lowest BCUT2D eigenvalue weighted by Crippen LogP contribution is -2.18. The summed E-state index contributed by atoms with van der Waals surface area (Å²) in [6.07, 6.45) is 0. The number of ether oxygens (including phenoxy) is 1. The second kappa shape index (κ2) is 4.16. The van der Waals surface area contributed by atoms with Crippen molar-refractivity contribution in [2.75, 3.05) is 7.11 Å². The summed E-state index contributed by atoms with van der Waals surface area (Å²) in [6.45, 7) is 5.79. The highest BCUT2D eigenvalue weighted by Crippen LogP contribution is 2.20. The van der Waals surface area contributed by atoms with Crippen LogP contribution in [-0.4, -0.2) is 28.1 Å². The molecule has 1 aromatic carbocycles. The van der Waals surface area contributed by atoms with Gasteiger partial charge in [0, 0.05) is 0 Å². The lowest BCUT2D eigenvalue weighted by atomic mass is 10.1. The third-order valence-electron chi connectivity index (χ3n) is 3.00. The molecule has 0 aliphatic carbocycles. The van der Waals surface area contributed by atoms with Crippen molar-refractivity contribution < 1.29 is 9.53 Å². The molecule has 0 radical (unpaired) electrons. The molecule has 2 aromatic rings. The van der Waals surface area contributed by atoms with Crippen molar-refractivity contribution in [3.63, 3.8) is 0 Å². The molecule has 0 aliphatic heterocycles. The second-order valence-electron chi connectivity index (χ2n) is 4.16. The van der Waals surface area contributed by atoms with Crippen molar-refractivity contribution in [3.8, 4) is 0 Å². The van der Waals surface area contributed by atoms with E-state index < -0.39 is 6.04 Å². The number of fused-ring (bicyclic) bond motifs is 1. The molecule has 0 saturated carbocycles. The molecule has 0 amide bonds. The maximum Gasteiger partial charge on any atom is 0.330 e. The molecule has 0 bridgehead atoms. The Labute approximate surface area is 99.4 Å². The number of benzene rings is 1. The number of carbonyl (C=O) groups excluding carboxylic acids is 1. The van der Waals surface area contributed by atoms with Crippen LogP contribution in [0.2, 0.25) is 0 Å². The van der Waals surface area contributed by atoms with Crippen LogP contribution >= 0.6 is 0 Å². The van der Waals surface area contributed by atoms with Crippen LogP contribution in [0, 0.1) is 13.8 Å². The number of hydrogen-bond acceptors (Lipinski definition) is 4. The van der Waals surface area contributed by atoms with Crippen LogP contribution < -0.4 is 0 Å². The summed E-state index contributed by atoms with van der Waals surface area (Å²) in [6, 6.07) is 3.49. The van der Waals surface area contributed by atoms with E-state index in [0.29, 0.717) is 0 Å². The fraction of sp³-hybridized carbons (Fsp3) is 0.417. The van der Waals surface area contributed by atoms with Crippen LogP contribution in [0.15, 0.2) is 12.1 Å². The topological polar surface area (TPSA) is 57.0 Å². The predicted molar refractivity (Wildman–Crippen MR) is 63.7 cm³/mol. The highest BCUT2D eigenvalue weighted by Gasteiger charge is 2.19. The Bertz CT molecular complexity index is 574. The second-order valence-corrected chi connectivity index (χ2v) is 4.16. The van der Waals surface area contributed by atoms with Gasteiger partial charge < -0.3 is 4.74 Å². The SMILES string of the molecule is COC(=O)C(C)n1nnc2cc(C)c(C)cc21. The fourth-order valence-corrected chi connectivity index (χ4v) is 1.75. The Balaban J connectivity index is 2.56. The van der Waals surface area contributed by atoms with Crippen molar-refractivity contribution in [2.24, 2.45) is 0 Å². The van der Waals surface area contributed by atoms with E-state index in [0.717, 1.165) is 22.2 Å². The number of esters is 1. The zero-order valence-electron chi connectivity index (χ0n) is 10.4. The van der Waals surface area contributed by atoms with E-state index >= 15 is 0 Å². The summed E-state index contributed by atoms with van der Waals surface area (Å²) in [5.74, 6) is -0.324. The third kappa shape index (κ3) is 1.88. The first-order chi connectivity index (χ1) is 8.04. The number of aryl methyl sites for hydroxylation is 2. The highest BCUT2D eigenvalue weighted by molar-refractivity contribution is 5.80. The standard InChI is InChI=1S/C12H15N3O2/c1-7-5-10-11(6-8(7)2)15(14-13-10)9(3)12(16)17-4/h5-6,9H,1-4H3. The van der Waals surface area contributed by atoms with Gasteiger partial charge in [0.25, 0.3) is 0 Å². The monoisotopic (exact) mass is 233 g/mol. The number of hydrogen-bond donors (Lipinski definition) is 0. The van der Waals surface area contributed by atoms with Gasteiger partial charge in [0.15, 0.2) is 0 Å². The van der Waals surface area contributed by atoms with Gasteiger partial charge in [-0.3, -0.25) is 0 Å². The Morgan fingerprint density at radius 1 is 1.35 bits per heavy atom. The normalized spacial score (nSPS) is 12.7. The van der Waals surface area contributed by atoms with E-state index in [-0.39, 0.29) is 5.97 Å². The summed E-state index contributed by atoms with van der Waals surface area (Å²) in [5, 5.41) is 8.08. The van der Waals surface area contributed by atoms with Crippen LogP contribution in [0.5, 0.6) is 0 Å². The number of aromatic nitrogens is 3. The highest BCUT2D eigenvalue weighted by atomic mass is 16.5. The van der Waals surface area contributed by atoms with Gasteiger partial charge in [0.05, 0.1) is 12.6 Å². The lowest BCUT2D eigenvalue weighted by molar-refractivity contribution is -0.144. The van der Waals surface area contributed by atoms with E-state index in [2.05, 4.69) is 10.3 Å². The van der Waals surface area contributed by atoms with E-state index in [1.165, 1.54) is 7.11 Å². The molecular formula is C12H15N3O2. The van der Waals surface area contributed by atoms with Crippen LogP contribution in [0.1, 0.15) is 24.1 Å². The van der Waals surface area contributed by atoms with Gasteiger partial charge in [-0.15, -0.1) is 5.10 Å². The van der Waals surface area contributed by atoms with Crippen molar-refractivity contribution in [3.05, 3.63) is 23.3 Å². The smallest absolute Gasteiger partial charge is 0.330 e. The molecule has 0 spiro atoms. The van der Waals surface area contributed by atoms with Crippen LogP contribution in [0.4, 0.5) is 0 Å². The fourth-order valence-electron chi connectivity index (χ4n) is 1.75. The van der Waals surface area contributed by atoms with Crippen molar-refractivity contribution in [2.45, 2.75) is 26.8 Å². The Morgan fingerprint density at radius 3 is 2.65 bits per heavy atom. The molecule has 17 heavy (non-hydrogen) atoms. The molecular weight excluding hydrogens is 218 g/mol. The summed E-state index contributed by atoms with van der Waals surface area (Å²) in [4.78, 5) is 11.5. The molecule has 0 saturated heterocycles. The zero-order valence-corrected chi connectivity index (χ0v) is 10.4. The van der Waals surface area contributed by atoms with E-state index in [9.17, 15) is 4.79 Å². The quantitative estimate of drug-likeness (QED) is 0.742. The van der Waals surface area contributed by atoms with Gasteiger partial charge in [0.2, 0.25) is 0 Å². The van der Waals surface area contributed by atoms with Gasteiger partial charge in [-0.05, 0) is 44.0 Å². The van der Waals surface area contributed by atoms with Crippen LogP contribution in [0.25, 0.3) is 11.0 Å². The first-order valence-corrected chi connectivity index (χ1v) is 5.44. The Morgan fingerprint density at radius 2 is 2.00 bits per heavy atom. The number of nitrogens with zero attached hydrogens (tertiary/aromatic N) is 3. The van der Waals surface area contributed by atoms with Crippen LogP contribution in [0.3, 0.4) is 0 Å². The van der Waals surface area contributed by atoms with Gasteiger partial charge in [-0.1, -0.05) is 5.21 Å². The van der Waals surface area contributed by atoms with Gasteiger partial charge in [-0.2, -0.15) is 0 Å². The summed E-state index contributed by atoms with van der Waals surface area (Å²) < 4.78 is 6.30. The molecule has 1 atom stereocenters. The zero-order chi connectivity index (χ0) is 12.6. The van der Waals surface area contributed by atoms with Crippen LogP contribution in [-0.2, 0) is 9.53 Å². The third-order valence-corrected chi connectivity index (χ3v) is 3.00. The summed E-state index contributed by atoms with van der Waals surface area (Å²) in [5.41, 5.74) is 3.96. The van der Waals surface area contributed by atoms with E-state index in [1.807, 2.05) is 26.0 Å². The minimum Gasteiger partial charge on any atom is -0.467 e. The number of rotatable bonds is 2. The summed E-state index contributed by atoms with van der Waals surface area (Å²) >= 11 is 0. The molecule has 5 nitrogen and oxygen atoms in total. The minimum absolute atomic E-state index is 0.324. The largest absolute Gasteiger partial charge is 0.467 e. The molecule has 2 rings (SSSR count). The predicted octanol–water partition coefficient (Wildman–Crippen LogP) is 1.78. The van der Waals surface area contributed by atoms with Crippen molar-refractivity contribution in [1.29, 1.82) is 0 Å². The number of methoxy groups -OCH3 is 1. The molecule has 90 valence electrons. The molecule has 0 aliphatic rings. The Hall–Kier alpha value is -1.91. The first kappa shape index (κ1) is 11.6. The maximum absolute atomic E-state index is 11.5. The molecule has 0 N–H and O–H groups in total. The number of carbonyl (C=O) groups is 1. The molecule has 1 heterocycles. The van der Waals surface area contributed by atoms with Crippen molar-refractivity contribution >= 4 is 17.0 Å².